The summed E-state index contributed by atoms with van der Waals surface area (Å²) >= 11 is 0. The molecule has 0 aliphatic rings. The molecule has 2 heterocycles. The predicted octanol–water partition coefficient (Wildman–Crippen LogP) is 17.6. The molecule has 2 aromatic heterocycles. The molecule has 0 fully saturated rings. The zero-order valence-electron chi connectivity index (χ0n) is 43.0. The van der Waals surface area contributed by atoms with Gasteiger partial charge in [-0.15, -0.1) is 0 Å². The van der Waals surface area contributed by atoms with E-state index in [1.165, 1.54) is 38.8 Å². The van der Waals surface area contributed by atoms with Crippen LogP contribution in [0.15, 0.2) is 140 Å². The van der Waals surface area contributed by atoms with Crippen molar-refractivity contribution in [1.82, 2.24) is 9.55 Å². The molecule has 0 bridgehead atoms. The van der Waals surface area contributed by atoms with Gasteiger partial charge in [-0.3, -0.25) is 4.57 Å². The lowest BCUT2D eigenvalue weighted by Crippen LogP contribution is -2.16. The number of fused-ring (bicyclic) bond motifs is 3. The first-order valence-electron chi connectivity index (χ1n) is 24.0. The number of aromatic nitrogens is 2. The van der Waals surface area contributed by atoms with Crippen molar-refractivity contribution in [2.45, 2.75) is 131 Å². The van der Waals surface area contributed by atoms with Crippen molar-refractivity contribution < 1.29 is 4.74 Å². The highest BCUT2D eigenvalue weighted by molar-refractivity contribution is 6.10. The van der Waals surface area contributed by atoms with Crippen LogP contribution >= 0.6 is 0 Å². The molecule has 5 heteroatoms. The molecule has 0 aliphatic carbocycles. The molecule has 67 heavy (non-hydrogen) atoms. The van der Waals surface area contributed by atoms with Gasteiger partial charge in [0.2, 0.25) is 0 Å². The number of pyridine rings is 1. The van der Waals surface area contributed by atoms with Crippen LogP contribution in [0.1, 0.15) is 132 Å². The van der Waals surface area contributed by atoms with Gasteiger partial charge >= 0.3 is 0 Å². The maximum Gasteiger partial charge on any atom is 0.137 e. The summed E-state index contributed by atoms with van der Waals surface area (Å²) in [5.74, 6) is 2.40. The fraction of sp³-hybridized carbons (Fsp3) is 0.339. The smallest absolute Gasteiger partial charge is 0.137 e. The molecule has 0 amide bonds. The summed E-state index contributed by atoms with van der Waals surface area (Å²) in [5.41, 5.74) is 14.8. The van der Waals surface area contributed by atoms with Crippen molar-refractivity contribution in [3.8, 4) is 28.4 Å². The lowest BCUT2D eigenvalue weighted by Gasteiger charge is -2.29. The van der Waals surface area contributed by atoms with Crippen LogP contribution in [0.2, 0.25) is 0 Å². The van der Waals surface area contributed by atoms with E-state index in [0.29, 0.717) is 0 Å². The van der Waals surface area contributed by atoms with Crippen LogP contribution in [-0.4, -0.2) is 16.6 Å². The highest BCUT2D eigenvalue weighted by atomic mass is 16.5. The van der Waals surface area contributed by atoms with Crippen molar-refractivity contribution in [2.24, 2.45) is 0 Å². The van der Waals surface area contributed by atoms with Gasteiger partial charge in [0.25, 0.3) is 0 Å². The van der Waals surface area contributed by atoms with E-state index < -0.39 is 0 Å². The summed E-state index contributed by atoms with van der Waals surface area (Å²) in [6.07, 6.45) is 1.94. The van der Waals surface area contributed by atoms with Gasteiger partial charge in [-0.05, 0) is 139 Å². The molecular formula is C62H72N4O. The molecular weight excluding hydrogens is 817 g/mol. The number of benzene rings is 6. The predicted molar refractivity (Wildman–Crippen MR) is 288 cm³/mol. The number of rotatable bonds is 8. The van der Waals surface area contributed by atoms with E-state index in [0.717, 1.165) is 62.0 Å². The van der Waals surface area contributed by atoms with E-state index in [9.17, 15) is 0 Å². The minimum atomic E-state index is -0.0805. The SMILES string of the molecule is CN(c1cc(Oc2ccc3c4cc(C(C)(C)C)ccc4n(-c4cc(C(C)(C)C)ccn4)c3c2)cc(-c2ccccc2C(C)(C)C)c1)c1cc(C(C)(C)C)ccc1Nc1cccc(C(C)(C)C)c1. The third kappa shape index (κ3) is 9.89. The Morgan fingerprint density at radius 2 is 1.13 bits per heavy atom. The summed E-state index contributed by atoms with van der Waals surface area (Å²) < 4.78 is 9.42. The van der Waals surface area contributed by atoms with Crippen LogP contribution in [0.4, 0.5) is 22.7 Å². The fourth-order valence-corrected chi connectivity index (χ4v) is 9.04. The van der Waals surface area contributed by atoms with Crippen molar-refractivity contribution >= 4 is 44.6 Å². The van der Waals surface area contributed by atoms with E-state index in [2.05, 4.69) is 259 Å². The first kappa shape index (κ1) is 47.2. The summed E-state index contributed by atoms with van der Waals surface area (Å²) in [6.45, 7) is 34.1. The zero-order chi connectivity index (χ0) is 48.4. The molecule has 5 nitrogen and oxygen atoms in total. The van der Waals surface area contributed by atoms with E-state index in [1.807, 2.05) is 6.20 Å². The number of nitrogens with one attached hydrogen (secondary N) is 1. The summed E-state index contributed by atoms with van der Waals surface area (Å²) in [5, 5.41) is 6.20. The minimum absolute atomic E-state index is 0.000216. The number of hydrogen-bond donors (Lipinski definition) is 1. The summed E-state index contributed by atoms with van der Waals surface area (Å²) in [4.78, 5) is 7.30. The van der Waals surface area contributed by atoms with Crippen LogP contribution in [0.3, 0.4) is 0 Å². The van der Waals surface area contributed by atoms with Gasteiger partial charge in [0.15, 0.2) is 0 Å². The van der Waals surface area contributed by atoms with Crippen molar-refractivity contribution in [1.29, 1.82) is 0 Å². The topological polar surface area (TPSA) is 42.3 Å². The first-order chi connectivity index (χ1) is 31.3. The minimum Gasteiger partial charge on any atom is -0.457 e. The molecule has 6 aromatic carbocycles. The highest BCUT2D eigenvalue weighted by Crippen LogP contribution is 2.44. The Morgan fingerprint density at radius 3 is 1.82 bits per heavy atom. The molecule has 0 spiro atoms. The Balaban J connectivity index is 1.30. The third-order valence-electron chi connectivity index (χ3n) is 13.2. The van der Waals surface area contributed by atoms with Gasteiger partial charge in [-0.25, -0.2) is 4.98 Å². The molecule has 0 saturated heterocycles. The van der Waals surface area contributed by atoms with Crippen molar-refractivity contribution in [3.05, 3.63) is 167 Å². The number of anilines is 4. The lowest BCUT2D eigenvalue weighted by atomic mass is 9.82. The quantitative estimate of drug-likeness (QED) is 0.165. The molecule has 8 aromatic rings. The van der Waals surface area contributed by atoms with Gasteiger partial charge < -0.3 is 15.0 Å². The van der Waals surface area contributed by atoms with Crippen LogP contribution in [0.5, 0.6) is 11.5 Å². The van der Waals surface area contributed by atoms with E-state index in [-0.39, 0.29) is 27.1 Å². The maximum atomic E-state index is 7.12. The van der Waals surface area contributed by atoms with Crippen molar-refractivity contribution in [2.75, 3.05) is 17.3 Å². The van der Waals surface area contributed by atoms with Gasteiger partial charge in [-0.1, -0.05) is 152 Å². The molecule has 0 radical (unpaired) electrons. The molecule has 1 N–H and O–H groups in total. The Morgan fingerprint density at radius 1 is 0.493 bits per heavy atom. The molecule has 0 atom stereocenters. The van der Waals surface area contributed by atoms with Crippen LogP contribution in [-0.2, 0) is 27.1 Å². The third-order valence-corrected chi connectivity index (χ3v) is 13.2. The molecule has 8 rings (SSSR count). The zero-order valence-corrected chi connectivity index (χ0v) is 43.0. The van der Waals surface area contributed by atoms with Gasteiger partial charge in [-0.2, -0.15) is 0 Å². The Kier molecular flexibility index (Phi) is 12.0. The lowest BCUT2D eigenvalue weighted by molar-refractivity contribution is 0.483. The Bertz CT molecular complexity index is 3110. The van der Waals surface area contributed by atoms with E-state index in [1.54, 1.807) is 0 Å². The Hall–Kier alpha value is -6.33. The van der Waals surface area contributed by atoms with Gasteiger partial charge in [0, 0.05) is 47.5 Å². The molecule has 346 valence electrons. The second kappa shape index (κ2) is 17.1. The highest BCUT2D eigenvalue weighted by Gasteiger charge is 2.25. The number of ether oxygens (including phenoxy) is 1. The monoisotopic (exact) mass is 889 g/mol. The van der Waals surface area contributed by atoms with Gasteiger partial charge in [0.1, 0.15) is 17.3 Å². The summed E-state index contributed by atoms with van der Waals surface area (Å²) in [6, 6.07) is 48.9. The largest absolute Gasteiger partial charge is 0.457 e. The normalized spacial score (nSPS) is 12.8. The standard InChI is InChI=1S/C62H72N4O/c1-58(2,3)41-20-19-21-45(34-41)64-53-28-24-43(60(7,8)9)36-56(53)65(16)46-32-40(49-22-17-18-23-52(49)62(13,14)15)33-48(38-46)67-47-26-27-50-51-35-42(59(4,5)6)25-29-54(51)66(55(50)39-47)57-37-44(30-31-63-57)61(10,11)12/h17-39,64H,1-16H3. The first-order valence-corrected chi connectivity index (χ1v) is 24.0. The maximum absolute atomic E-state index is 7.12. The fourth-order valence-electron chi connectivity index (χ4n) is 9.04. The van der Waals surface area contributed by atoms with Crippen LogP contribution < -0.4 is 15.0 Å². The van der Waals surface area contributed by atoms with E-state index >= 15 is 0 Å². The van der Waals surface area contributed by atoms with Crippen LogP contribution in [0.25, 0.3) is 38.8 Å². The molecule has 0 unspecified atom stereocenters. The number of hydrogen-bond acceptors (Lipinski definition) is 4. The summed E-state index contributed by atoms with van der Waals surface area (Å²) in [7, 11) is 2.17. The second-order valence-corrected chi connectivity index (χ2v) is 23.8. The van der Waals surface area contributed by atoms with E-state index in [4.69, 9.17) is 9.72 Å². The average Bonchev–Trinajstić information content (AvgIpc) is 3.57. The average molecular weight is 889 g/mol. The number of nitrogens with zero attached hydrogens (tertiary/aromatic N) is 3. The van der Waals surface area contributed by atoms with Crippen molar-refractivity contribution in [3.63, 3.8) is 0 Å². The second-order valence-electron chi connectivity index (χ2n) is 23.8. The Labute approximate surface area is 401 Å². The van der Waals surface area contributed by atoms with Crippen LogP contribution in [0, 0.1) is 0 Å². The van der Waals surface area contributed by atoms with Gasteiger partial charge in [0.05, 0.1) is 22.4 Å². The molecule has 0 saturated carbocycles. The molecule has 0 aliphatic heterocycles.